The predicted molar refractivity (Wildman–Crippen MR) is 131 cm³/mol. The second-order valence-electron chi connectivity index (χ2n) is 7.75. The third-order valence-corrected chi connectivity index (χ3v) is 5.55. The van der Waals surface area contributed by atoms with Crippen molar-refractivity contribution in [2.75, 3.05) is 7.11 Å². The number of ether oxygens (including phenoxy) is 1. The first-order valence-corrected chi connectivity index (χ1v) is 10.8. The van der Waals surface area contributed by atoms with Gasteiger partial charge in [-0.25, -0.2) is 9.89 Å². The number of rotatable bonds is 8. The smallest absolute Gasteiger partial charge is 0.338 e. The van der Waals surface area contributed by atoms with Crippen LogP contribution in [-0.2, 0) is 17.7 Å². The molecule has 8 nitrogen and oxygen atoms in total. The standard InChI is InChI=1S/C25H25N5O3.K/c1-3-4-7-20-14-19(25(32)33-2)15-23(31)30(20)16-17-10-12-18(13-11-17)21-8-5-6-9-22(21)24-26-28-29-27-24;/h5-6,8-15H,3-4,7,16H2,1-2H3,(H,26,27,28,29);. The number of carbonyl (C=O) groups is 1. The van der Waals surface area contributed by atoms with Crippen molar-refractivity contribution in [1.29, 1.82) is 0 Å². The monoisotopic (exact) mass is 482 g/mol. The Morgan fingerprint density at radius 3 is 2.44 bits per heavy atom. The molecule has 2 aromatic carbocycles. The summed E-state index contributed by atoms with van der Waals surface area (Å²) < 4.78 is 6.53. The number of pyridine rings is 1. The second kappa shape index (κ2) is 12.3. The topological polar surface area (TPSA) is 103 Å². The summed E-state index contributed by atoms with van der Waals surface area (Å²) in [6.07, 6.45) is 2.63. The molecule has 0 saturated heterocycles. The molecule has 169 valence electrons. The zero-order valence-corrected chi connectivity index (χ0v) is 22.7. The molecule has 34 heavy (non-hydrogen) atoms. The minimum atomic E-state index is -0.498. The first kappa shape index (κ1) is 26.2. The molecule has 0 aliphatic heterocycles. The fourth-order valence-corrected chi connectivity index (χ4v) is 3.82. The van der Waals surface area contributed by atoms with Crippen LogP contribution in [0.5, 0.6) is 0 Å². The fourth-order valence-electron chi connectivity index (χ4n) is 3.82. The number of H-pyrrole nitrogens is 1. The number of nitrogens with zero attached hydrogens (tertiary/aromatic N) is 4. The third kappa shape index (κ3) is 5.97. The van der Waals surface area contributed by atoms with E-state index in [0.717, 1.165) is 40.8 Å². The average molecular weight is 483 g/mol. The van der Waals surface area contributed by atoms with Crippen LogP contribution in [0.2, 0.25) is 0 Å². The molecule has 0 atom stereocenters. The van der Waals surface area contributed by atoms with E-state index >= 15 is 0 Å². The van der Waals surface area contributed by atoms with Crippen LogP contribution in [0.4, 0.5) is 0 Å². The zero-order chi connectivity index (χ0) is 23.2. The van der Waals surface area contributed by atoms with Gasteiger partial charge in [0.2, 0.25) is 0 Å². The summed E-state index contributed by atoms with van der Waals surface area (Å²) in [4.78, 5) is 24.8. The Hall–Kier alpha value is -2.43. The van der Waals surface area contributed by atoms with Crippen molar-refractivity contribution in [3.63, 3.8) is 0 Å². The number of aromatic nitrogens is 5. The van der Waals surface area contributed by atoms with Gasteiger partial charge < -0.3 is 9.30 Å². The first-order valence-electron chi connectivity index (χ1n) is 10.8. The van der Waals surface area contributed by atoms with E-state index in [-0.39, 0.29) is 56.9 Å². The average Bonchev–Trinajstić information content (AvgIpc) is 3.39. The Kier molecular flexibility index (Phi) is 9.49. The number of hydrogen-bond donors (Lipinski definition) is 1. The van der Waals surface area contributed by atoms with E-state index in [9.17, 15) is 9.59 Å². The summed E-state index contributed by atoms with van der Waals surface area (Å²) in [5.41, 5.74) is 4.83. The maximum Gasteiger partial charge on any atom is 0.338 e. The molecule has 0 aliphatic carbocycles. The molecular weight excluding hydrogens is 457 g/mol. The summed E-state index contributed by atoms with van der Waals surface area (Å²) >= 11 is 0. The van der Waals surface area contributed by atoms with Crippen LogP contribution in [0.3, 0.4) is 0 Å². The molecule has 1 N–H and O–H groups in total. The number of benzene rings is 2. The largest absolute Gasteiger partial charge is 0.465 e. The molecule has 2 heterocycles. The minimum absolute atomic E-state index is 0. The van der Waals surface area contributed by atoms with Crippen LogP contribution in [0.25, 0.3) is 22.5 Å². The van der Waals surface area contributed by atoms with E-state index in [1.54, 1.807) is 10.6 Å². The van der Waals surface area contributed by atoms with Crippen LogP contribution in [0.15, 0.2) is 65.5 Å². The Morgan fingerprint density at radius 2 is 1.79 bits per heavy atom. The predicted octanol–water partition coefficient (Wildman–Crippen LogP) is 3.49. The van der Waals surface area contributed by atoms with E-state index in [2.05, 4.69) is 27.5 Å². The molecule has 0 aliphatic rings. The van der Waals surface area contributed by atoms with Gasteiger partial charge in [-0.1, -0.05) is 61.9 Å². The summed E-state index contributed by atoms with van der Waals surface area (Å²) in [7, 11) is 1.32. The number of esters is 1. The van der Waals surface area contributed by atoms with E-state index in [1.165, 1.54) is 13.2 Å². The summed E-state index contributed by atoms with van der Waals surface area (Å²) in [6, 6.07) is 19.1. The molecule has 0 saturated carbocycles. The van der Waals surface area contributed by atoms with Crippen molar-refractivity contribution < 1.29 is 9.53 Å². The van der Waals surface area contributed by atoms with Gasteiger partial charge in [0, 0.05) is 68.7 Å². The number of methoxy groups -OCH3 is 1. The van der Waals surface area contributed by atoms with Crippen LogP contribution >= 0.6 is 0 Å². The van der Waals surface area contributed by atoms with E-state index in [0.29, 0.717) is 24.4 Å². The van der Waals surface area contributed by atoms with Gasteiger partial charge in [0.1, 0.15) is 0 Å². The van der Waals surface area contributed by atoms with Gasteiger partial charge in [-0.15, -0.1) is 5.10 Å². The Morgan fingerprint density at radius 1 is 1.06 bits per heavy atom. The normalized spacial score (nSPS) is 10.5. The number of unbranched alkanes of at least 4 members (excludes halogenated alkanes) is 1. The number of nitrogens with one attached hydrogen (secondary N) is 1. The molecule has 0 bridgehead atoms. The van der Waals surface area contributed by atoms with Gasteiger partial charge in [0.05, 0.1) is 19.2 Å². The molecule has 4 rings (SSSR count). The van der Waals surface area contributed by atoms with Crippen molar-refractivity contribution in [2.24, 2.45) is 0 Å². The van der Waals surface area contributed by atoms with E-state index in [4.69, 9.17) is 4.74 Å². The third-order valence-electron chi connectivity index (χ3n) is 5.55. The summed E-state index contributed by atoms with van der Waals surface area (Å²) in [5, 5.41) is 14.2. The molecule has 0 amide bonds. The van der Waals surface area contributed by atoms with E-state index < -0.39 is 5.97 Å². The fraction of sp³-hybridized carbons (Fsp3) is 0.240. The first-order chi connectivity index (χ1) is 16.1. The van der Waals surface area contributed by atoms with Crippen LogP contribution in [-0.4, -0.2) is 89.7 Å². The molecule has 2 aromatic heterocycles. The van der Waals surface area contributed by atoms with Gasteiger partial charge in [-0.2, -0.15) is 0 Å². The molecule has 9 heteroatoms. The van der Waals surface area contributed by atoms with Crippen LogP contribution in [0.1, 0.15) is 41.4 Å². The number of aromatic amines is 1. The minimum Gasteiger partial charge on any atom is -0.465 e. The SMILES string of the molecule is CCCCc1cc(C(=O)OC)cc(=O)n1Cc1ccc(-c2ccccc2-c2nnn[nH]2)cc1.[K]. The summed E-state index contributed by atoms with van der Waals surface area (Å²) in [6.45, 7) is 2.52. The molecule has 1 radical (unpaired) electrons. The van der Waals surface area contributed by atoms with Gasteiger partial charge in [0.15, 0.2) is 5.82 Å². The zero-order valence-electron chi connectivity index (χ0n) is 19.6. The molecule has 0 fully saturated rings. The maximum atomic E-state index is 12.8. The molecule has 0 unspecified atom stereocenters. The number of carbonyl (C=O) groups excluding carboxylic acids is 1. The maximum absolute atomic E-state index is 12.8. The van der Waals surface area contributed by atoms with E-state index in [1.807, 2.05) is 48.5 Å². The second-order valence-corrected chi connectivity index (χ2v) is 7.75. The number of aryl methyl sites for hydroxylation is 1. The van der Waals surface area contributed by atoms with Gasteiger partial charge in [0.25, 0.3) is 5.56 Å². The van der Waals surface area contributed by atoms with Crippen molar-refractivity contribution in [2.45, 2.75) is 32.7 Å². The van der Waals surface area contributed by atoms with Crippen molar-refractivity contribution in [3.05, 3.63) is 87.8 Å². The Labute approximate surface area is 240 Å². The Bertz CT molecular complexity index is 1300. The van der Waals surface area contributed by atoms with Crippen LogP contribution in [0, 0.1) is 0 Å². The summed E-state index contributed by atoms with van der Waals surface area (Å²) in [5.74, 6) is 0.106. The molecular formula is C25H25KN5O3. The quantitative estimate of drug-likeness (QED) is 0.305. The van der Waals surface area contributed by atoms with Crippen molar-refractivity contribution in [3.8, 4) is 22.5 Å². The Balaban J connectivity index is 0.00000324. The van der Waals surface area contributed by atoms with Gasteiger partial charge in [-0.3, -0.25) is 4.79 Å². The van der Waals surface area contributed by atoms with Crippen molar-refractivity contribution >= 4 is 57.4 Å². The van der Waals surface area contributed by atoms with Gasteiger partial charge >= 0.3 is 5.97 Å². The molecule has 0 spiro atoms. The number of hydrogen-bond acceptors (Lipinski definition) is 6. The van der Waals surface area contributed by atoms with Gasteiger partial charge in [-0.05, 0) is 46.0 Å². The van der Waals surface area contributed by atoms with Crippen molar-refractivity contribution in [1.82, 2.24) is 25.2 Å². The van der Waals surface area contributed by atoms with Crippen LogP contribution < -0.4 is 5.56 Å². The molecule has 4 aromatic rings. The number of tetrazole rings is 1.